The molecule has 0 aromatic rings. The number of rotatable bonds is 33. The van der Waals surface area contributed by atoms with E-state index in [1.165, 1.54) is 0 Å². The molecule has 0 saturated carbocycles. The minimum absolute atomic E-state index is 0.0313. The summed E-state index contributed by atoms with van der Waals surface area (Å²) in [5.74, 6) is -7.20. The van der Waals surface area contributed by atoms with Gasteiger partial charge in [-0.25, -0.2) is 0 Å². The summed E-state index contributed by atoms with van der Waals surface area (Å²) in [7, 11) is 0. The Morgan fingerprint density at radius 2 is 1.04 bits per heavy atom. The molecular formula is C33H64O13. The first kappa shape index (κ1) is 44.6. The van der Waals surface area contributed by atoms with Crippen molar-refractivity contribution in [3.63, 3.8) is 0 Å². The maximum atomic E-state index is 13.3. The molecule has 0 aliphatic rings. The van der Waals surface area contributed by atoms with Crippen LogP contribution in [0.4, 0.5) is 0 Å². The Hall–Kier alpha value is -1.42. The minimum Gasteiger partial charge on any atom is -0.481 e. The van der Waals surface area contributed by atoms with Crippen LogP contribution >= 0.6 is 0 Å². The summed E-state index contributed by atoms with van der Waals surface area (Å²) in [6.45, 7) is 16.7. The van der Waals surface area contributed by atoms with Crippen molar-refractivity contribution in [2.75, 3.05) is 59.5 Å². The van der Waals surface area contributed by atoms with E-state index in [-0.39, 0.29) is 52.3 Å². The first-order chi connectivity index (χ1) is 22.2. The molecular weight excluding hydrogens is 604 g/mol. The molecule has 1 N–H and O–H groups in total. The average Bonchev–Trinajstić information content (AvgIpc) is 3.01. The zero-order valence-corrected chi connectivity index (χ0v) is 29.9. The average molecular weight is 669 g/mol. The summed E-state index contributed by atoms with van der Waals surface area (Å²) in [5.41, 5.74) is 0. The quantitative estimate of drug-likeness (QED) is 0.0485. The maximum Gasteiger partial charge on any atom is 0.416 e. The fourth-order valence-corrected chi connectivity index (χ4v) is 4.68. The molecule has 0 rings (SSSR count). The lowest BCUT2D eigenvalue weighted by Gasteiger charge is -2.45. The Morgan fingerprint density at radius 3 is 1.52 bits per heavy atom. The summed E-state index contributed by atoms with van der Waals surface area (Å²) in [4.78, 5) is 24.1. The number of carbonyl (C=O) groups is 2. The van der Waals surface area contributed by atoms with E-state index in [0.717, 1.165) is 12.8 Å². The van der Waals surface area contributed by atoms with Gasteiger partial charge in [-0.1, -0.05) is 33.1 Å². The Morgan fingerprint density at radius 1 is 0.543 bits per heavy atom. The molecule has 13 nitrogen and oxygen atoms in total. The third-order valence-electron chi connectivity index (χ3n) is 6.56. The van der Waals surface area contributed by atoms with Crippen molar-refractivity contribution in [3.8, 4) is 0 Å². The van der Waals surface area contributed by atoms with E-state index in [0.29, 0.717) is 58.5 Å². The topological polar surface area (TPSA) is 147 Å². The number of carboxylic acid groups (broad SMARTS) is 1. The fourth-order valence-electron chi connectivity index (χ4n) is 4.68. The monoisotopic (exact) mass is 668 g/mol. The van der Waals surface area contributed by atoms with Crippen LogP contribution in [0.25, 0.3) is 0 Å². The van der Waals surface area contributed by atoms with Gasteiger partial charge in [0.2, 0.25) is 0 Å². The second-order valence-corrected chi connectivity index (χ2v) is 10.3. The third-order valence-corrected chi connectivity index (χ3v) is 6.56. The summed E-state index contributed by atoms with van der Waals surface area (Å²) < 4.78 is 61.2. The number of ether oxygens (including phenoxy) is 10. The van der Waals surface area contributed by atoms with E-state index >= 15 is 0 Å². The van der Waals surface area contributed by atoms with E-state index in [2.05, 4.69) is 0 Å². The molecule has 0 spiro atoms. The summed E-state index contributed by atoms with van der Waals surface area (Å²) in [6.07, 6.45) is 4.29. The van der Waals surface area contributed by atoms with Gasteiger partial charge in [-0.3, -0.25) is 9.59 Å². The molecule has 2 atom stereocenters. The Kier molecular flexibility index (Phi) is 25.7. The van der Waals surface area contributed by atoms with Gasteiger partial charge >= 0.3 is 29.9 Å². The number of carboxylic acids is 1. The van der Waals surface area contributed by atoms with Gasteiger partial charge in [0.25, 0.3) is 0 Å². The number of carbonyl (C=O) groups excluding carboxylic acids is 1. The summed E-state index contributed by atoms with van der Waals surface area (Å²) in [5, 5.41) is 8.87. The molecule has 0 bridgehead atoms. The SMILES string of the molecule is CCCCOC(OCC)(OC(=O)CCCCCCC(=O)O)C(OCC)(OCC)OCCC(OCCC)C(OCC)(OCC)OCC. The molecule has 0 aliphatic carbocycles. The van der Waals surface area contributed by atoms with Crippen LogP contribution in [-0.2, 0) is 57.0 Å². The highest BCUT2D eigenvalue weighted by Crippen LogP contribution is 2.38. The molecule has 0 saturated heterocycles. The summed E-state index contributed by atoms with van der Waals surface area (Å²) in [6, 6.07) is 0. The van der Waals surface area contributed by atoms with Crippen LogP contribution < -0.4 is 0 Å². The number of unbranched alkanes of at least 4 members (excludes halogenated alkanes) is 4. The van der Waals surface area contributed by atoms with Crippen molar-refractivity contribution < 1.29 is 62.1 Å². The molecule has 0 heterocycles. The van der Waals surface area contributed by atoms with Gasteiger partial charge < -0.3 is 52.5 Å². The van der Waals surface area contributed by atoms with E-state index in [1.54, 1.807) is 20.8 Å². The number of hydrogen-bond acceptors (Lipinski definition) is 12. The van der Waals surface area contributed by atoms with E-state index in [4.69, 9.17) is 52.5 Å². The van der Waals surface area contributed by atoms with E-state index in [9.17, 15) is 9.59 Å². The normalized spacial score (nSPS) is 14.3. The van der Waals surface area contributed by atoms with Crippen molar-refractivity contribution in [1.29, 1.82) is 0 Å². The van der Waals surface area contributed by atoms with Crippen LogP contribution in [0.1, 0.15) is 120 Å². The molecule has 0 amide bonds. The largest absolute Gasteiger partial charge is 0.481 e. The third kappa shape index (κ3) is 15.7. The highest BCUT2D eigenvalue weighted by atomic mass is 17.0. The zero-order chi connectivity index (χ0) is 34.7. The second kappa shape index (κ2) is 26.5. The first-order valence-electron chi connectivity index (χ1n) is 17.3. The number of esters is 1. The van der Waals surface area contributed by atoms with Gasteiger partial charge in [-0.15, -0.1) is 0 Å². The summed E-state index contributed by atoms with van der Waals surface area (Å²) >= 11 is 0. The van der Waals surface area contributed by atoms with Crippen LogP contribution in [0.15, 0.2) is 0 Å². The van der Waals surface area contributed by atoms with Gasteiger partial charge in [0.05, 0.1) is 19.8 Å². The van der Waals surface area contributed by atoms with Crippen LogP contribution in [0.3, 0.4) is 0 Å². The van der Waals surface area contributed by atoms with Gasteiger partial charge in [0, 0.05) is 58.9 Å². The van der Waals surface area contributed by atoms with Crippen LogP contribution in [0.2, 0.25) is 0 Å². The molecule has 0 aliphatic heterocycles. The van der Waals surface area contributed by atoms with Crippen molar-refractivity contribution in [1.82, 2.24) is 0 Å². The second-order valence-electron chi connectivity index (χ2n) is 10.3. The Balaban J connectivity index is 6.39. The predicted octanol–water partition coefficient (Wildman–Crippen LogP) is 6.15. The molecule has 274 valence electrons. The van der Waals surface area contributed by atoms with Gasteiger partial charge in [0.15, 0.2) is 0 Å². The van der Waals surface area contributed by atoms with Gasteiger partial charge in [-0.05, 0) is 67.2 Å². The lowest BCUT2D eigenvalue weighted by atomic mass is 10.1. The lowest BCUT2D eigenvalue weighted by Crippen LogP contribution is -2.65. The van der Waals surface area contributed by atoms with E-state index < -0.39 is 36.0 Å². The highest BCUT2D eigenvalue weighted by Gasteiger charge is 2.63. The number of hydrogen-bond donors (Lipinski definition) is 1. The molecule has 0 aromatic heterocycles. The van der Waals surface area contributed by atoms with Crippen LogP contribution in [0, 0.1) is 0 Å². The molecule has 0 radical (unpaired) electrons. The number of aliphatic carboxylic acids is 1. The van der Waals surface area contributed by atoms with Crippen molar-refractivity contribution in [2.45, 2.75) is 144 Å². The van der Waals surface area contributed by atoms with Gasteiger partial charge in [-0.2, -0.15) is 0 Å². The Bertz CT molecular complexity index is 743. The standard InChI is InChI=1S/C33H64O13/c1-9-17-26-44-33(43-16-8,46-30(36)23-21-19-18-20-22-29(34)35)32(41-14-6,42-15-7)45-27-24-28(37-25-10-2)31(38-11-3,39-12-4)40-13-5/h28H,9-27H2,1-8H3,(H,34,35). The highest BCUT2D eigenvalue weighted by molar-refractivity contribution is 5.69. The maximum absolute atomic E-state index is 13.3. The lowest BCUT2D eigenvalue weighted by molar-refractivity contribution is -0.551. The van der Waals surface area contributed by atoms with Crippen molar-refractivity contribution in [3.05, 3.63) is 0 Å². The Labute approximate surface area is 277 Å². The fraction of sp³-hybridized carbons (Fsp3) is 0.939. The molecule has 0 aromatic carbocycles. The molecule has 46 heavy (non-hydrogen) atoms. The van der Waals surface area contributed by atoms with Crippen molar-refractivity contribution in [2.24, 2.45) is 0 Å². The zero-order valence-electron chi connectivity index (χ0n) is 29.9. The van der Waals surface area contributed by atoms with Crippen LogP contribution in [-0.4, -0.2) is 101 Å². The molecule has 0 fully saturated rings. The van der Waals surface area contributed by atoms with Crippen molar-refractivity contribution >= 4 is 11.9 Å². The smallest absolute Gasteiger partial charge is 0.416 e. The van der Waals surface area contributed by atoms with Gasteiger partial charge in [0.1, 0.15) is 6.10 Å². The predicted molar refractivity (Wildman–Crippen MR) is 171 cm³/mol. The molecule has 13 heteroatoms. The van der Waals surface area contributed by atoms with E-state index in [1.807, 2.05) is 34.6 Å². The first-order valence-corrected chi connectivity index (χ1v) is 17.3. The molecule has 2 unspecified atom stereocenters. The van der Waals surface area contributed by atoms with Crippen LogP contribution in [0.5, 0.6) is 0 Å². The minimum atomic E-state index is -2.19.